The Kier molecular flexibility index (Phi) is 6.24. The Morgan fingerprint density at radius 2 is 1.26 bits per heavy atom. The van der Waals surface area contributed by atoms with Gasteiger partial charge in [-0.15, -0.1) is 0 Å². The van der Waals surface area contributed by atoms with E-state index in [1.807, 2.05) is 0 Å². The number of carbonyl (C=O) groups is 1. The highest BCUT2D eigenvalue weighted by Gasteiger charge is 2.45. The summed E-state index contributed by atoms with van der Waals surface area (Å²) in [5.74, 6) is 1.14. The highest BCUT2D eigenvalue weighted by molar-refractivity contribution is 6.19. The highest BCUT2D eigenvalue weighted by atomic mass is 19.4. The molecule has 0 aromatic heterocycles. The number of alkyl halides is 3. The van der Waals surface area contributed by atoms with E-state index in [9.17, 15) is 18.0 Å². The molecule has 1 aliphatic carbocycles. The monoisotopic (exact) mass is 429 g/mol. The summed E-state index contributed by atoms with van der Waals surface area (Å²) >= 11 is 0. The van der Waals surface area contributed by atoms with Gasteiger partial charge in [-0.1, -0.05) is 24.3 Å². The van der Waals surface area contributed by atoms with Crippen LogP contribution in [0.3, 0.4) is 0 Å². The molecule has 2 aromatic carbocycles. The average molecular weight is 429 g/mol. The number of methoxy groups -OCH3 is 2. The largest absolute Gasteiger partial charge is 0.497 e. The van der Waals surface area contributed by atoms with E-state index in [4.69, 9.17) is 9.47 Å². The van der Waals surface area contributed by atoms with E-state index in [0.29, 0.717) is 28.2 Å². The molecule has 1 aliphatic rings. The van der Waals surface area contributed by atoms with Gasteiger partial charge >= 0.3 is 6.18 Å². The zero-order chi connectivity index (χ0) is 22.8. The van der Waals surface area contributed by atoms with Crippen molar-refractivity contribution in [3.8, 4) is 11.5 Å². The normalized spacial score (nSPS) is 15.5. The zero-order valence-corrected chi connectivity index (χ0v) is 17.6. The molecule has 0 bridgehead atoms. The van der Waals surface area contributed by atoms with Gasteiger partial charge < -0.3 is 14.4 Å². The summed E-state index contributed by atoms with van der Waals surface area (Å²) in [5, 5.41) is 0. The van der Waals surface area contributed by atoms with Crippen molar-refractivity contribution in [1.29, 1.82) is 0 Å². The molecule has 0 amide bonds. The zero-order valence-electron chi connectivity index (χ0n) is 17.6. The first-order valence-corrected chi connectivity index (χ1v) is 9.40. The van der Waals surface area contributed by atoms with E-state index in [2.05, 4.69) is 0 Å². The molecule has 4 nitrogen and oxygen atoms in total. The maximum absolute atomic E-state index is 14.2. The predicted molar refractivity (Wildman–Crippen MR) is 114 cm³/mol. The second-order valence-electron chi connectivity index (χ2n) is 7.12. The summed E-state index contributed by atoms with van der Waals surface area (Å²) in [6, 6.07) is 13.3. The van der Waals surface area contributed by atoms with Gasteiger partial charge in [-0.05, 0) is 41.0 Å². The van der Waals surface area contributed by atoms with Crippen LogP contribution in [0.2, 0.25) is 0 Å². The minimum atomic E-state index is -4.72. The fourth-order valence-electron chi connectivity index (χ4n) is 3.59. The molecule has 0 saturated heterocycles. The number of hydrogen-bond acceptors (Lipinski definition) is 4. The Hall–Kier alpha value is -3.48. The summed E-state index contributed by atoms with van der Waals surface area (Å²) in [5.41, 5.74) is 0.176. The number of rotatable bonds is 6. The Labute approximate surface area is 178 Å². The van der Waals surface area contributed by atoms with Crippen LogP contribution in [-0.2, 0) is 4.79 Å². The van der Waals surface area contributed by atoms with E-state index in [1.165, 1.54) is 25.3 Å². The van der Waals surface area contributed by atoms with Crippen LogP contribution in [0.25, 0.3) is 11.1 Å². The molecule has 0 atom stereocenters. The summed E-state index contributed by atoms with van der Waals surface area (Å²) < 4.78 is 52.9. The topological polar surface area (TPSA) is 38.8 Å². The third kappa shape index (κ3) is 4.35. The Morgan fingerprint density at radius 1 is 0.806 bits per heavy atom. The Balaban J connectivity index is 2.39. The van der Waals surface area contributed by atoms with Crippen LogP contribution in [0.5, 0.6) is 11.5 Å². The second kappa shape index (κ2) is 8.71. The maximum atomic E-state index is 14.2. The molecule has 0 spiro atoms. The molecule has 0 fully saturated rings. The first kappa shape index (κ1) is 22.2. The lowest BCUT2D eigenvalue weighted by Crippen LogP contribution is -2.16. The van der Waals surface area contributed by atoms with Gasteiger partial charge in [0.1, 0.15) is 11.5 Å². The van der Waals surface area contributed by atoms with E-state index in [0.717, 1.165) is 0 Å². The molecular weight excluding hydrogens is 407 g/mol. The first-order valence-electron chi connectivity index (χ1n) is 9.40. The third-order valence-electron chi connectivity index (χ3n) is 4.87. The van der Waals surface area contributed by atoms with Gasteiger partial charge in [0.25, 0.3) is 0 Å². The number of halogens is 3. The summed E-state index contributed by atoms with van der Waals surface area (Å²) in [4.78, 5) is 13.5. The van der Waals surface area contributed by atoms with Crippen LogP contribution in [-0.4, -0.2) is 45.7 Å². The van der Waals surface area contributed by atoms with Crippen molar-refractivity contribution in [2.24, 2.45) is 0 Å². The van der Waals surface area contributed by atoms with Crippen molar-refractivity contribution in [2.45, 2.75) is 6.18 Å². The number of hydrogen-bond donors (Lipinski definition) is 0. The lowest BCUT2D eigenvalue weighted by Gasteiger charge is -2.17. The Bertz CT molecular complexity index is 1060. The molecule has 162 valence electrons. The second-order valence-corrected chi connectivity index (χ2v) is 7.12. The van der Waals surface area contributed by atoms with Crippen LogP contribution in [0.4, 0.5) is 13.2 Å². The van der Waals surface area contributed by atoms with Gasteiger partial charge in [0.05, 0.1) is 19.8 Å². The minimum Gasteiger partial charge on any atom is -0.497 e. The first-order chi connectivity index (χ1) is 14.7. The van der Waals surface area contributed by atoms with Gasteiger partial charge in [0.15, 0.2) is 6.29 Å². The smallest absolute Gasteiger partial charge is 0.417 e. The maximum Gasteiger partial charge on any atom is 0.417 e. The molecule has 0 N–H and O–H groups in total. The molecule has 0 unspecified atom stereocenters. The van der Waals surface area contributed by atoms with Crippen molar-refractivity contribution < 1.29 is 27.4 Å². The van der Waals surface area contributed by atoms with Crippen molar-refractivity contribution in [2.75, 3.05) is 28.3 Å². The number of carbonyl (C=O) groups excluding carboxylic acids is 1. The van der Waals surface area contributed by atoms with Gasteiger partial charge in [-0.2, -0.15) is 13.2 Å². The number of allylic oxidation sites excluding steroid dienone is 5. The number of ether oxygens (including phenoxy) is 2. The molecule has 0 aliphatic heterocycles. The van der Waals surface area contributed by atoms with Crippen molar-refractivity contribution >= 4 is 17.4 Å². The van der Waals surface area contributed by atoms with E-state index < -0.39 is 17.3 Å². The lowest BCUT2D eigenvalue weighted by molar-refractivity contribution is -0.106. The molecule has 0 radical (unpaired) electrons. The van der Waals surface area contributed by atoms with Gasteiger partial charge in [-0.3, -0.25) is 4.79 Å². The molecule has 0 saturated carbocycles. The van der Waals surface area contributed by atoms with Gasteiger partial charge in [0, 0.05) is 37.0 Å². The van der Waals surface area contributed by atoms with Crippen LogP contribution in [0.1, 0.15) is 11.1 Å². The number of aldehydes is 1. The third-order valence-corrected chi connectivity index (χ3v) is 4.87. The molecule has 3 rings (SSSR count). The van der Waals surface area contributed by atoms with Crippen LogP contribution in [0, 0.1) is 0 Å². The summed E-state index contributed by atoms with van der Waals surface area (Å²) in [6.45, 7) is 0. The van der Waals surface area contributed by atoms with Crippen molar-refractivity contribution in [1.82, 2.24) is 4.90 Å². The minimum absolute atomic E-state index is 0.0596. The van der Waals surface area contributed by atoms with Crippen LogP contribution in [0.15, 0.2) is 71.5 Å². The predicted octanol–water partition coefficient (Wildman–Crippen LogP) is 5.13. The molecule has 0 heterocycles. The fraction of sp³-hybridized carbons (Fsp3) is 0.208. The van der Waals surface area contributed by atoms with Crippen molar-refractivity contribution in [3.05, 3.63) is 82.6 Å². The van der Waals surface area contributed by atoms with E-state index >= 15 is 0 Å². The molecular formula is C24H22F3NO3. The molecule has 2 aromatic rings. The quantitative estimate of drug-likeness (QED) is 0.597. The summed E-state index contributed by atoms with van der Waals surface area (Å²) in [6.07, 6.45) is -3.05. The standard InChI is InChI=1S/C24H22F3NO3/c1-28(2)13-19-21(15-5-9-17(30-3)10-6-15)22(16-7-11-18(31-4)12-8-16)20(14-29)23(19)24(25,26)27/h5-14H,1-4H3/b19-13-. The van der Waals surface area contributed by atoms with E-state index in [-0.39, 0.29) is 17.4 Å². The molecule has 7 heteroatoms. The van der Waals surface area contributed by atoms with Gasteiger partial charge in [0.2, 0.25) is 0 Å². The summed E-state index contributed by atoms with van der Waals surface area (Å²) in [7, 11) is 6.29. The lowest BCUT2D eigenvalue weighted by atomic mass is 9.92. The number of benzene rings is 2. The Morgan fingerprint density at radius 3 is 1.61 bits per heavy atom. The van der Waals surface area contributed by atoms with Crippen LogP contribution >= 0.6 is 0 Å². The SMILES string of the molecule is COc1ccc(C2=C(c3ccc(OC)cc3)/C(=C/N(C)C)C(C(F)(F)F)=C2C=O)cc1. The number of nitrogens with zero attached hydrogens (tertiary/aromatic N) is 1. The van der Waals surface area contributed by atoms with Crippen LogP contribution < -0.4 is 9.47 Å². The van der Waals surface area contributed by atoms with E-state index in [1.54, 1.807) is 62.6 Å². The molecule has 31 heavy (non-hydrogen) atoms. The van der Waals surface area contributed by atoms with Crippen molar-refractivity contribution in [3.63, 3.8) is 0 Å². The fourth-order valence-corrected chi connectivity index (χ4v) is 3.59. The van der Waals surface area contributed by atoms with Gasteiger partial charge in [-0.25, -0.2) is 0 Å². The average Bonchev–Trinajstić information content (AvgIpc) is 3.07. The highest BCUT2D eigenvalue weighted by Crippen LogP contribution is 2.52.